The highest BCUT2D eigenvalue weighted by Crippen LogP contribution is 2.21. The minimum absolute atomic E-state index is 0.203. The van der Waals surface area contributed by atoms with E-state index < -0.39 is 0 Å². The predicted octanol–water partition coefficient (Wildman–Crippen LogP) is 2.34. The molecule has 0 amide bonds. The molecule has 2 heterocycles. The third kappa shape index (κ3) is 3.23. The van der Waals surface area contributed by atoms with Gasteiger partial charge in [0.1, 0.15) is 17.9 Å². The van der Waals surface area contributed by atoms with Crippen LogP contribution >= 0.6 is 0 Å². The first-order valence-electron chi connectivity index (χ1n) is 6.69. The van der Waals surface area contributed by atoms with Crippen LogP contribution in [0.5, 0.6) is 0 Å². The van der Waals surface area contributed by atoms with E-state index in [0.717, 1.165) is 24.6 Å². The van der Waals surface area contributed by atoms with Crippen LogP contribution in [0.4, 0.5) is 0 Å². The Morgan fingerprint density at radius 1 is 1.42 bits per heavy atom. The number of rotatable bonds is 6. The van der Waals surface area contributed by atoms with Gasteiger partial charge >= 0.3 is 0 Å². The molecular formula is C14H22N4O. The molecule has 0 spiro atoms. The fraction of sp³-hybridized carbons (Fsp3) is 0.571. The lowest BCUT2D eigenvalue weighted by Crippen LogP contribution is -2.22. The van der Waals surface area contributed by atoms with Crippen molar-refractivity contribution in [3.05, 3.63) is 35.8 Å². The first kappa shape index (κ1) is 13.8. The van der Waals surface area contributed by atoms with Gasteiger partial charge < -0.3 is 9.73 Å². The van der Waals surface area contributed by atoms with Crippen molar-refractivity contribution < 1.29 is 4.42 Å². The molecule has 19 heavy (non-hydrogen) atoms. The quantitative estimate of drug-likeness (QED) is 0.868. The van der Waals surface area contributed by atoms with Gasteiger partial charge in [0, 0.05) is 24.6 Å². The minimum atomic E-state index is 0.203. The van der Waals surface area contributed by atoms with Gasteiger partial charge in [0.25, 0.3) is 0 Å². The van der Waals surface area contributed by atoms with Crippen LogP contribution in [0.15, 0.2) is 23.1 Å². The molecule has 5 heteroatoms. The summed E-state index contributed by atoms with van der Waals surface area (Å²) in [5, 5.41) is 7.62. The summed E-state index contributed by atoms with van der Waals surface area (Å²) in [6.45, 7) is 7.25. The molecule has 0 aliphatic rings. The molecule has 1 atom stereocenters. The average molecular weight is 262 g/mol. The van der Waals surface area contributed by atoms with Crippen LogP contribution in [-0.4, -0.2) is 21.8 Å². The Morgan fingerprint density at radius 2 is 2.21 bits per heavy atom. The zero-order valence-electron chi connectivity index (χ0n) is 12.1. The molecular weight excluding hydrogens is 240 g/mol. The van der Waals surface area contributed by atoms with Crippen LogP contribution in [0, 0.1) is 12.8 Å². The highest BCUT2D eigenvalue weighted by molar-refractivity contribution is 5.21. The van der Waals surface area contributed by atoms with E-state index in [1.807, 2.05) is 24.7 Å². The molecule has 0 fully saturated rings. The smallest absolute Gasteiger partial charge is 0.138 e. The summed E-state index contributed by atoms with van der Waals surface area (Å²) in [7, 11) is 1.96. The Kier molecular flexibility index (Phi) is 4.37. The third-order valence-electron chi connectivity index (χ3n) is 3.24. The van der Waals surface area contributed by atoms with E-state index >= 15 is 0 Å². The average Bonchev–Trinajstić information content (AvgIpc) is 2.95. The van der Waals surface area contributed by atoms with Gasteiger partial charge in [-0.15, -0.1) is 0 Å². The van der Waals surface area contributed by atoms with Gasteiger partial charge in [-0.1, -0.05) is 13.8 Å². The van der Waals surface area contributed by atoms with Gasteiger partial charge in [-0.2, -0.15) is 5.10 Å². The lowest BCUT2D eigenvalue weighted by Gasteiger charge is -2.16. The number of furan rings is 1. The van der Waals surface area contributed by atoms with Crippen LogP contribution < -0.4 is 5.32 Å². The van der Waals surface area contributed by atoms with E-state index in [4.69, 9.17) is 4.42 Å². The van der Waals surface area contributed by atoms with Crippen LogP contribution in [0.3, 0.4) is 0 Å². The number of aromatic nitrogens is 3. The first-order chi connectivity index (χ1) is 9.11. The Hall–Kier alpha value is -1.62. The second kappa shape index (κ2) is 6.02. The summed E-state index contributed by atoms with van der Waals surface area (Å²) in [5.41, 5.74) is 1.18. The molecule has 2 rings (SSSR count). The number of aryl methyl sites for hydroxylation is 1. The minimum Gasteiger partial charge on any atom is -0.469 e. The van der Waals surface area contributed by atoms with Crippen molar-refractivity contribution in [1.82, 2.24) is 20.1 Å². The normalized spacial score (nSPS) is 13.1. The van der Waals surface area contributed by atoms with Crippen molar-refractivity contribution in [2.24, 2.45) is 5.92 Å². The van der Waals surface area contributed by atoms with Crippen LogP contribution in [-0.2, 0) is 13.0 Å². The number of hydrogen-bond donors (Lipinski definition) is 1. The van der Waals surface area contributed by atoms with Crippen molar-refractivity contribution in [3.63, 3.8) is 0 Å². The van der Waals surface area contributed by atoms with Crippen molar-refractivity contribution >= 4 is 0 Å². The summed E-state index contributed by atoms with van der Waals surface area (Å²) in [4.78, 5) is 4.38. The Balaban J connectivity index is 2.15. The zero-order valence-corrected chi connectivity index (χ0v) is 12.1. The second-order valence-electron chi connectivity index (χ2n) is 5.23. The molecule has 0 bridgehead atoms. The molecule has 2 aromatic heterocycles. The number of likely N-dealkylation sites (N-methyl/N-ethyl adjacent to an activating group) is 1. The maximum absolute atomic E-state index is 5.38. The van der Waals surface area contributed by atoms with Gasteiger partial charge in [0.15, 0.2) is 0 Å². The summed E-state index contributed by atoms with van der Waals surface area (Å²) in [6, 6.07) is 2.22. The van der Waals surface area contributed by atoms with E-state index in [1.54, 1.807) is 12.6 Å². The fourth-order valence-corrected chi connectivity index (χ4v) is 2.25. The number of hydrogen-bond acceptors (Lipinski definition) is 4. The largest absolute Gasteiger partial charge is 0.469 e. The maximum atomic E-state index is 5.38. The predicted molar refractivity (Wildman–Crippen MR) is 73.8 cm³/mol. The van der Waals surface area contributed by atoms with Crippen molar-refractivity contribution in [2.45, 2.75) is 39.8 Å². The molecule has 0 aliphatic heterocycles. The van der Waals surface area contributed by atoms with Crippen LogP contribution in [0.2, 0.25) is 0 Å². The highest BCUT2D eigenvalue weighted by atomic mass is 16.3. The summed E-state index contributed by atoms with van der Waals surface area (Å²) >= 11 is 0. The monoisotopic (exact) mass is 262 g/mol. The standard InChI is InChI=1S/C14H22N4O/c1-10(2)8-18-14(16-9-17-18)7-13(15-4)12-5-6-19-11(12)3/h5-6,9-10,13,15H,7-8H2,1-4H3. The molecule has 2 aromatic rings. The molecule has 0 saturated heterocycles. The fourth-order valence-electron chi connectivity index (χ4n) is 2.25. The highest BCUT2D eigenvalue weighted by Gasteiger charge is 2.17. The lowest BCUT2D eigenvalue weighted by atomic mass is 10.0. The van der Waals surface area contributed by atoms with E-state index in [9.17, 15) is 0 Å². The first-order valence-corrected chi connectivity index (χ1v) is 6.69. The summed E-state index contributed by atoms with van der Waals surface area (Å²) < 4.78 is 7.37. The van der Waals surface area contributed by atoms with Crippen molar-refractivity contribution in [2.75, 3.05) is 7.05 Å². The third-order valence-corrected chi connectivity index (χ3v) is 3.24. The second-order valence-corrected chi connectivity index (χ2v) is 5.23. The molecule has 1 unspecified atom stereocenters. The van der Waals surface area contributed by atoms with Gasteiger partial charge in [-0.05, 0) is 26.0 Å². The molecule has 0 aliphatic carbocycles. The van der Waals surface area contributed by atoms with E-state index in [-0.39, 0.29) is 6.04 Å². The van der Waals surface area contributed by atoms with E-state index in [2.05, 4.69) is 29.2 Å². The van der Waals surface area contributed by atoms with E-state index in [1.165, 1.54) is 5.56 Å². The van der Waals surface area contributed by atoms with Gasteiger partial charge in [0.2, 0.25) is 0 Å². The van der Waals surface area contributed by atoms with Gasteiger partial charge in [0.05, 0.1) is 6.26 Å². The number of nitrogens with zero attached hydrogens (tertiary/aromatic N) is 3. The molecule has 5 nitrogen and oxygen atoms in total. The Labute approximate surface area is 114 Å². The van der Waals surface area contributed by atoms with Crippen molar-refractivity contribution in [1.29, 1.82) is 0 Å². The van der Waals surface area contributed by atoms with Crippen LogP contribution in [0.25, 0.3) is 0 Å². The van der Waals surface area contributed by atoms with Crippen molar-refractivity contribution in [3.8, 4) is 0 Å². The van der Waals surface area contributed by atoms with E-state index in [0.29, 0.717) is 5.92 Å². The van der Waals surface area contributed by atoms with Gasteiger partial charge in [-0.3, -0.25) is 0 Å². The number of nitrogens with one attached hydrogen (secondary N) is 1. The summed E-state index contributed by atoms with van der Waals surface area (Å²) in [6.07, 6.45) is 4.17. The maximum Gasteiger partial charge on any atom is 0.138 e. The lowest BCUT2D eigenvalue weighted by molar-refractivity contribution is 0.448. The topological polar surface area (TPSA) is 55.9 Å². The molecule has 0 saturated carbocycles. The SMILES string of the molecule is CNC(Cc1ncnn1CC(C)C)c1ccoc1C. The molecule has 1 N–H and O–H groups in total. The molecule has 0 aromatic carbocycles. The Morgan fingerprint density at radius 3 is 2.79 bits per heavy atom. The summed E-state index contributed by atoms with van der Waals surface area (Å²) in [5.74, 6) is 2.52. The molecule has 104 valence electrons. The zero-order chi connectivity index (χ0) is 13.8. The van der Waals surface area contributed by atoms with Gasteiger partial charge in [-0.25, -0.2) is 9.67 Å². The van der Waals surface area contributed by atoms with Crippen LogP contribution in [0.1, 0.15) is 37.0 Å². The molecule has 0 radical (unpaired) electrons. The Bertz CT molecular complexity index is 515.